The third-order valence-electron chi connectivity index (χ3n) is 2.07. The summed E-state index contributed by atoms with van der Waals surface area (Å²) in [5, 5.41) is 3.74. The standard InChI is InChI=1S/C11H10N2OS2/c12-10(15)6-13-11(14)9-5-7-3-1-2-4-8(7)16-9/h1-5H,6H2,(H2,12,15)(H,13,14). The molecule has 0 radical (unpaired) electrons. The van der Waals surface area contributed by atoms with E-state index in [1.54, 1.807) is 0 Å². The molecule has 0 aliphatic rings. The molecule has 1 amide bonds. The van der Waals surface area contributed by atoms with Crippen LogP contribution >= 0.6 is 23.6 Å². The number of fused-ring (bicyclic) bond motifs is 1. The molecule has 0 saturated carbocycles. The maximum atomic E-state index is 11.7. The van der Waals surface area contributed by atoms with Crippen LogP contribution in [0.3, 0.4) is 0 Å². The summed E-state index contributed by atoms with van der Waals surface area (Å²) in [4.78, 5) is 12.7. The van der Waals surface area contributed by atoms with E-state index in [-0.39, 0.29) is 17.4 Å². The van der Waals surface area contributed by atoms with Gasteiger partial charge in [-0.25, -0.2) is 0 Å². The number of rotatable bonds is 3. The zero-order chi connectivity index (χ0) is 11.5. The fraction of sp³-hybridized carbons (Fsp3) is 0.0909. The minimum Gasteiger partial charge on any atom is -0.392 e. The molecule has 0 aliphatic heterocycles. The molecule has 0 spiro atoms. The van der Waals surface area contributed by atoms with Crippen molar-refractivity contribution >= 4 is 44.5 Å². The first kappa shape index (κ1) is 11.0. The number of nitrogens with two attached hydrogens (primary N) is 1. The van der Waals surface area contributed by atoms with Crippen molar-refractivity contribution in [3.8, 4) is 0 Å². The molecule has 1 heterocycles. The number of hydrogen-bond acceptors (Lipinski definition) is 3. The van der Waals surface area contributed by atoms with Crippen LogP contribution in [-0.4, -0.2) is 17.4 Å². The molecule has 2 rings (SSSR count). The average molecular weight is 250 g/mol. The highest BCUT2D eigenvalue weighted by Crippen LogP contribution is 2.24. The van der Waals surface area contributed by atoms with Crippen molar-refractivity contribution in [1.29, 1.82) is 0 Å². The summed E-state index contributed by atoms with van der Waals surface area (Å²) in [5.41, 5.74) is 5.31. The molecular weight excluding hydrogens is 240 g/mol. The Bertz CT molecular complexity index is 515. The van der Waals surface area contributed by atoms with E-state index in [0.29, 0.717) is 4.88 Å². The Morgan fingerprint density at radius 2 is 2.19 bits per heavy atom. The van der Waals surface area contributed by atoms with Gasteiger partial charge in [0.2, 0.25) is 0 Å². The van der Waals surface area contributed by atoms with Gasteiger partial charge in [0.05, 0.1) is 16.4 Å². The molecule has 0 atom stereocenters. The second kappa shape index (κ2) is 4.59. The number of nitrogens with one attached hydrogen (secondary N) is 1. The topological polar surface area (TPSA) is 55.1 Å². The maximum absolute atomic E-state index is 11.7. The predicted molar refractivity (Wildman–Crippen MR) is 70.9 cm³/mol. The summed E-state index contributed by atoms with van der Waals surface area (Å²) in [6.45, 7) is 0.239. The van der Waals surface area contributed by atoms with Crippen molar-refractivity contribution in [2.45, 2.75) is 0 Å². The molecule has 1 aromatic carbocycles. The third-order valence-corrected chi connectivity index (χ3v) is 3.33. The van der Waals surface area contributed by atoms with Crippen molar-refractivity contribution in [3.63, 3.8) is 0 Å². The fourth-order valence-electron chi connectivity index (χ4n) is 1.35. The number of benzene rings is 1. The lowest BCUT2D eigenvalue weighted by Gasteiger charge is -2.00. The average Bonchev–Trinajstić information content (AvgIpc) is 2.69. The molecule has 0 unspecified atom stereocenters. The van der Waals surface area contributed by atoms with Crippen LogP contribution in [-0.2, 0) is 0 Å². The maximum Gasteiger partial charge on any atom is 0.261 e. The summed E-state index contributed by atoms with van der Waals surface area (Å²) < 4.78 is 1.10. The number of hydrogen-bond donors (Lipinski definition) is 2. The summed E-state index contributed by atoms with van der Waals surface area (Å²) in [7, 11) is 0. The fourth-order valence-corrected chi connectivity index (χ4v) is 2.40. The predicted octanol–water partition coefficient (Wildman–Crippen LogP) is 1.92. The summed E-state index contributed by atoms with van der Waals surface area (Å²) >= 11 is 6.16. The van der Waals surface area contributed by atoms with Crippen LogP contribution in [0, 0.1) is 0 Å². The number of carbonyl (C=O) groups excluding carboxylic acids is 1. The molecule has 5 heteroatoms. The van der Waals surface area contributed by atoms with Gasteiger partial charge in [-0.15, -0.1) is 11.3 Å². The zero-order valence-electron chi connectivity index (χ0n) is 8.40. The van der Waals surface area contributed by atoms with Crippen molar-refractivity contribution in [1.82, 2.24) is 5.32 Å². The van der Waals surface area contributed by atoms with E-state index in [0.717, 1.165) is 10.1 Å². The highest BCUT2D eigenvalue weighted by molar-refractivity contribution is 7.80. The molecule has 3 nitrogen and oxygen atoms in total. The molecule has 1 aromatic heterocycles. The lowest BCUT2D eigenvalue weighted by Crippen LogP contribution is -2.31. The summed E-state index contributed by atoms with van der Waals surface area (Å²) in [6.07, 6.45) is 0. The van der Waals surface area contributed by atoms with Gasteiger partial charge in [0.15, 0.2) is 0 Å². The van der Waals surface area contributed by atoms with Crippen LogP contribution in [0.1, 0.15) is 9.67 Å². The highest BCUT2D eigenvalue weighted by Gasteiger charge is 2.09. The van der Waals surface area contributed by atoms with E-state index < -0.39 is 0 Å². The van der Waals surface area contributed by atoms with Crippen LogP contribution in [0.5, 0.6) is 0 Å². The van der Waals surface area contributed by atoms with Crippen molar-refractivity contribution in [3.05, 3.63) is 35.2 Å². The smallest absolute Gasteiger partial charge is 0.261 e. The Kier molecular flexibility index (Phi) is 3.17. The van der Waals surface area contributed by atoms with E-state index >= 15 is 0 Å². The number of thiocarbonyl (C=S) groups is 1. The van der Waals surface area contributed by atoms with Crippen LogP contribution in [0.15, 0.2) is 30.3 Å². The second-order valence-electron chi connectivity index (χ2n) is 3.30. The second-order valence-corrected chi connectivity index (χ2v) is 4.91. The van der Waals surface area contributed by atoms with Crippen LogP contribution < -0.4 is 11.1 Å². The third kappa shape index (κ3) is 2.37. The quantitative estimate of drug-likeness (QED) is 0.818. The van der Waals surface area contributed by atoms with Crippen molar-refractivity contribution in [2.75, 3.05) is 6.54 Å². The molecule has 0 aliphatic carbocycles. The Morgan fingerprint density at radius 1 is 1.44 bits per heavy atom. The lowest BCUT2D eigenvalue weighted by molar-refractivity contribution is 0.0963. The number of amides is 1. The minimum absolute atomic E-state index is 0.131. The molecule has 0 fully saturated rings. The Balaban J connectivity index is 2.20. The first-order valence-corrected chi connectivity index (χ1v) is 5.94. The van der Waals surface area contributed by atoms with Gasteiger partial charge in [0.1, 0.15) is 0 Å². The minimum atomic E-state index is -0.131. The van der Waals surface area contributed by atoms with E-state index in [1.165, 1.54) is 11.3 Å². The number of carbonyl (C=O) groups is 1. The van der Waals surface area contributed by atoms with Crippen molar-refractivity contribution in [2.24, 2.45) is 5.73 Å². The Morgan fingerprint density at radius 3 is 2.88 bits per heavy atom. The van der Waals surface area contributed by atoms with Gasteiger partial charge in [-0.05, 0) is 17.5 Å². The molecular formula is C11H10N2OS2. The molecule has 16 heavy (non-hydrogen) atoms. The SMILES string of the molecule is NC(=S)CNC(=O)c1cc2ccccc2s1. The Labute approximate surface area is 102 Å². The van der Waals surface area contributed by atoms with Gasteiger partial charge in [-0.1, -0.05) is 30.4 Å². The van der Waals surface area contributed by atoms with Gasteiger partial charge < -0.3 is 11.1 Å². The van der Waals surface area contributed by atoms with E-state index in [9.17, 15) is 4.79 Å². The van der Waals surface area contributed by atoms with Crippen molar-refractivity contribution < 1.29 is 4.79 Å². The van der Waals surface area contributed by atoms with Gasteiger partial charge >= 0.3 is 0 Å². The molecule has 2 aromatic rings. The van der Waals surface area contributed by atoms with Crippen LogP contribution in [0.4, 0.5) is 0 Å². The van der Waals surface area contributed by atoms with E-state index in [2.05, 4.69) is 5.32 Å². The Hall–Kier alpha value is -1.46. The number of thiophene rings is 1. The zero-order valence-corrected chi connectivity index (χ0v) is 10.0. The summed E-state index contributed by atoms with van der Waals surface area (Å²) in [5.74, 6) is -0.131. The monoisotopic (exact) mass is 250 g/mol. The van der Waals surface area contributed by atoms with Gasteiger partial charge in [-0.2, -0.15) is 0 Å². The highest BCUT2D eigenvalue weighted by atomic mass is 32.1. The van der Waals surface area contributed by atoms with Gasteiger partial charge in [-0.3, -0.25) is 4.79 Å². The molecule has 0 bridgehead atoms. The van der Waals surface area contributed by atoms with Gasteiger partial charge in [0.25, 0.3) is 5.91 Å². The largest absolute Gasteiger partial charge is 0.392 e. The van der Waals surface area contributed by atoms with Crippen LogP contribution in [0.2, 0.25) is 0 Å². The van der Waals surface area contributed by atoms with Gasteiger partial charge in [0, 0.05) is 4.70 Å². The van der Waals surface area contributed by atoms with Crippen LogP contribution in [0.25, 0.3) is 10.1 Å². The van der Waals surface area contributed by atoms with E-state index in [1.807, 2.05) is 30.3 Å². The normalized spacial score (nSPS) is 10.2. The first-order valence-electron chi connectivity index (χ1n) is 4.72. The molecule has 0 saturated heterocycles. The first-order chi connectivity index (χ1) is 7.66. The lowest BCUT2D eigenvalue weighted by atomic mass is 10.2. The molecule has 3 N–H and O–H groups in total. The molecule has 82 valence electrons. The van der Waals surface area contributed by atoms with E-state index in [4.69, 9.17) is 18.0 Å². The summed E-state index contributed by atoms with van der Waals surface area (Å²) in [6, 6.07) is 9.75.